The molecule has 0 saturated carbocycles. The third-order valence-electron chi connectivity index (χ3n) is 5.84. The van der Waals surface area contributed by atoms with Crippen molar-refractivity contribution >= 4 is 21.9 Å². The third kappa shape index (κ3) is 3.17. The summed E-state index contributed by atoms with van der Waals surface area (Å²) in [5.74, 6) is -1.75. The van der Waals surface area contributed by atoms with Gasteiger partial charge in [-0.05, 0) is 35.1 Å². The van der Waals surface area contributed by atoms with Crippen LogP contribution in [0.25, 0.3) is 11.1 Å². The summed E-state index contributed by atoms with van der Waals surface area (Å²) in [6, 6.07) is 15.8. The molecule has 1 heterocycles. The summed E-state index contributed by atoms with van der Waals surface area (Å²) in [4.78, 5) is 23.9. The standard InChI is InChI=1S/C21H21NO6S/c23-19(24)21(10-5-11-29(21,26)27)13-22-20(25)28-12-18-16-8-3-1-6-14(16)15-7-2-4-9-17(15)18/h1-4,6-9,18H,5,10-13H2,(H,22,25)(H,23,24). The minimum atomic E-state index is -3.82. The Balaban J connectivity index is 1.45. The topological polar surface area (TPSA) is 110 Å². The van der Waals surface area contributed by atoms with E-state index in [1.54, 1.807) is 0 Å². The van der Waals surface area contributed by atoms with Gasteiger partial charge in [0.15, 0.2) is 14.6 Å². The molecule has 1 fully saturated rings. The molecule has 0 spiro atoms. The minimum Gasteiger partial charge on any atom is -0.480 e. The van der Waals surface area contributed by atoms with Crippen LogP contribution >= 0.6 is 0 Å². The summed E-state index contributed by atoms with van der Waals surface area (Å²) in [5, 5.41) is 11.8. The zero-order chi connectivity index (χ0) is 20.6. The first-order valence-corrected chi connectivity index (χ1v) is 11.1. The lowest BCUT2D eigenvalue weighted by atomic mass is 9.98. The molecule has 1 amide bonds. The largest absolute Gasteiger partial charge is 0.480 e. The van der Waals surface area contributed by atoms with Crippen molar-refractivity contribution in [2.24, 2.45) is 0 Å². The molecule has 2 N–H and O–H groups in total. The number of carbonyl (C=O) groups excluding carboxylic acids is 1. The van der Waals surface area contributed by atoms with Gasteiger partial charge in [0, 0.05) is 5.92 Å². The van der Waals surface area contributed by atoms with Gasteiger partial charge in [-0.15, -0.1) is 0 Å². The summed E-state index contributed by atoms with van der Waals surface area (Å²) in [6.07, 6.45) is -0.579. The van der Waals surface area contributed by atoms with Gasteiger partial charge in [0.2, 0.25) is 0 Å². The molecular formula is C21H21NO6S. The van der Waals surface area contributed by atoms with Crippen molar-refractivity contribution in [2.45, 2.75) is 23.5 Å². The fourth-order valence-corrected chi connectivity index (χ4v) is 6.21. The quantitative estimate of drug-likeness (QED) is 0.777. The van der Waals surface area contributed by atoms with Crippen LogP contribution in [-0.4, -0.2) is 49.2 Å². The number of fused-ring (bicyclic) bond motifs is 3. The summed E-state index contributed by atoms with van der Waals surface area (Å²) in [7, 11) is -3.82. The van der Waals surface area contributed by atoms with E-state index in [0.29, 0.717) is 0 Å². The Morgan fingerprint density at radius 1 is 1.07 bits per heavy atom. The predicted octanol–water partition coefficient (Wildman–Crippen LogP) is 2.56. The highest BCUT2D eigenvalue weighted by Crippen LogP contribution is 2.44. The first kappa shape index (κ1) is 19.4. The second kappa shape index (κ2) is 7.18. The third-order valence-corrected chi connectivity index (χ3v) is 8.38. The van der Waals surface area contributed by atoms with Crippen molar-refractivity contribution < 1.29 is 27.9 Å². The number of hydrogen-bond donors (Lipinski definition) is 2. The van der Waals surface area contributed by atoms with E-state index in [2.05, 4.69) is 5.32 Å². The molecule has 2 aromatic carbocycles. The van der Waals surface area contributed by atoms with E-state index in [1.165, 1.54) is 0 Å². The lowest BCUT2D eigenvalue weighted by molar-refractivity contribution is -0.139. The van der Waals surface area contributed by atoms with Gasteiger partial charge < -0.3 is 15.2 Å². The molecule has 29 heavy (non-hydrogen) atoms. The summed E-state index contributed by atoms with van der Waals surface area (Å²) in [5.41, 5.74) is 4.31. The molecule has 0 bridgehead atoms. The van der Waals surface area contributed by atoms with Crippen LogP contribution in [0.15, 0.2) is 48.5 Å². The average Bonchev–Trinajstić information content (AvgIpc) is 3.19. The number of amides is 1. The van der Waals surface area contributed by atoms with Crippen molar-refractivity contribution in [1.29, 1.82) is 0 Å². The SMILES string of the molecule is O=C(NCC1(C(=O)O)CCCS1(=O)=O)OCC1c2ccccc2-c2ccccc21. The normalized spacial score (nSPS) is 21.9. The van der Waals surface area contributed by atoms with Crippen molar-refractivity contribution in [3.8, 4) is 11.1 Å². The second-order valence-corrected chi connectivity index (χ2v) is 9.82. The number of sulfone groups is 1. The lowest BCUT2D eigenvalue weighted by Gasteiger charge is -2.23. The highest BCUT2D eigenvalue weighted by Gasteiger charge is 2.54. The van der Waals surface area contributed by atoms with Crippen LogP contribution in [0.2, 0.25) is 0 Å². The van der Waals surface area contributed by atoms with Crippen LogP contribution in [0.5, 0.6) is 0 Å². The maximum Gasteiger partial charge on any atom is 0.407 e. The molecule has 1 aliphatic heterocycles. The van der Waals surface area contributed by atoms with E-state index < -0.39 is 33.2 Å². The number of nitrogens with one attached hydrogen (secondary N) is 1. The zero-order valence-corrected chi connectivity index (χ0v) is 16.4. The van der Waals surface area contributed by atoms with Crippen LogP contribution < -0.4 is 5.32 Å². The Hall–Kier alpha value is -2.87. The Morgan fingerprint density at radius 3 is 2.17 bits per heavy atom. The fourth-order valence-electron chi connectivity index (χ4n) is 4.28. The van der Waals surface area contributed by atoms with Crippen LogP contribution in [0.1, 0.15) is 29.9 Å². The van der Waals surface area contributed by atoms with Gasteiger partial charge in [-0.2, -0.15) is 0 Å². The molecule has 1 atom stereocenters. The Kier molecular flexibility index (Phi) is 4.82. The van der Waals surface area contributed by atoms with Gasteiger partial charge in [0.1, 0.15) is 6.61 Å². The molecule has 2 aromatic rings. The summed E-state index contributed by atoms with van der Waals surface area (Å²) in [6.45, 7) is -0.423. The Bertz CT molecular complexity index is 1030. The maximum atomic E-state index is 12.2. The van der Waals surface area contributed by atoms with E-state index >= 15 is 0 Å². The fraction of sp³-hybridized carbons (Fsp3) is 0.333. The van der Waals surface area contributed by atoms with E-state index in [4.69, 9.17) is 4.74 Å². The number of aliphatic carboxylic acids is 1. The second-order valence-electron chi connectivity index (χ2n) is 7.40. The Morgan fingerprint density at radius 2 is 1.66 bits per heavy atom. The molecule has 2 aliphatic rings. The number of benzene rings is 2. The van der Waals surface area contributed by atoms with Gasteiger partial charge in [-0.1, -0.05) is 48.5 Å². The molecule has 0 radical (unpaired) electrons. The molecule has 8 heteroatoms. The number of ether oxygens (including phenoxy) is 1. The van der Waals surface area contributed by atoms with E-state index in [1.807, 2.05) is 48.5 Å². The van der Waals surface area contributed by atoms with Gasteiger partial charge >= 0.3 is 12.1 Å². The number of carboxylic acids is 1. The highest BCUT2D eigenvalue weighted by molar-refractivity contribution is 7.93. The van der Waals surface area contributed by atoms with Crippen LogP contribution in [0.4, 0.5) is 4.79 Å². The van der Waals surface area contributed by atoms with Crippen molar-refractivity contribution in [3.63, 3.8) is 0 Å². The van der Waals surface area contributed by atoms with Gasteiger partial charge in [-0.25, -0.2) is 13.2 Å². The molecule has 7 nitrogen and oxygen atoms in total. The van der Waals surface area contributed by atoms with Crippen molar-refractivity contribution in [2.75, 3.05) is 18.9 Å². The van der Waals surface area contributed by atoms with Gasteiger partial charge in [-0.3, -0.25) is 4.79 Å². The zero-order valence-electron chi connectivity index (χ0n) is 15.6. The van der Waals surface area contributed by atoms with E-state index in [0.717, 1.165) is 22.3 Å². The average molecular weight is 415 g/mol. The minimum absolute atomic E-state index is 0.0195. The summed E-state index contributed by atoms with van der Waals surface area (Å²) < 4.78 is 27.8. The van der Waals surface area contributed by atoms with E-state index in [-0.39, 0.29) is 31.1 Å². The number of hydrogen-bond acceptors (Lipinski definition) is 5. The molecule has 1 saturated heterocycles. The first-order chi connectivity index (χ1) is 13.9. The maximum absolute atomic E-state index is 12.2. The number of carbonyl (C=O) groups is 2. The van der Waals surface area contributed by atoms with Gasteiger partial charge in [0.05, 0.1) is 12.3 Å². The molecule has 1 aliphatic carbocycles. The molecule has 152 valence electrons. The predicted molar refractivity (Wildman–Crippen MR) is 106 cm³/mol. The van der Waals surface area contributed by atoms with Crippen LogP contribution in [0.3, 0.4) is 0 Å². The van der Waals surface area contributed by atoms with Crippen LogP contribution in [0, 0.1) is 0 Å². The highest BCUT2D eigenvalue weighted by atomic mass is 32.2. The smallest absolute Gasteiger partial charge is 0.407 e. The number of rotatable bonds is 5. The lowest BCUT2D eigenvalue weighted by Crippen LogP contribution is -2.52. The Labute approximate surface area is 168 Å². The molecule has 0 aromatic heterocycles. The van der Waals surface area contributed by atoms with Crippen LogP contribution in [-0.2, 0) is 19.4 Å². The first-order valence-electron chi connectivity index (χ1n) is 9.40. The van der Waals surface area contributed by atoms with Gasteiger partial charge in [0.25, 0.3) is 0 Å². The van der Waals surface area contributed by atoms with Crippen molar-refractivity contribution in [3.05, 3.63) is 59.7 Å². The monoisotopic (exact) mass is 415 g/mol. The van der Waals surface area contributed by atoms with Crippen molar-refractivity contribution in [1.82, 2.24) is 5.32 Å². The molecule has 1 unspecified atom stereocenters. The number of carboxylic acid groups (broad SMARTS) is 1. The molecule has 4 rings (SSSR count). The molecular weight excluding hydrogens is 394 g/mol. The number of alkyl carbamates (subject to hydrolysis) is 1. The summed E-state index contributed by atoms with van der Waals surface area (Å²) >= 11 is 0. The van der Waals surface area contributed by atoms with E-state index in [9.17, 15) is 23.1 Å².